The average molecular weight is 352 g/mol. The van der Waals surface area contributed by atoms with Gasteiger partial charge < -0.3 is 5.32 Å². The van der Waals surface area contributed by atoms with E-state index in [1.807, 2.05) is 42.5 Å². The lowest BCUT2D eigenvalue weighted by Gasteiger charge is -2.12. The Balaban J connectivity index is 1.74. The summed E-state index contributed by atoms with van der Waals surface area (Å²) in [6.45, 7) is 4.27. The third-order valence-corrected chi connectivity index (χ3v) is 4.76. The second-order valence-corrected chi connectivity index (χ2v) is 6.93. The predicted molar refractivity (Wildman–Crippen MR) is 101 cm³/mol. The molecule has 3 rings (SSSR count). The Morgan fingerprint density at radius 3 is 2.80 bits per heavy atom. The molecule has 0 bridgehead atoms. The first-order valence-corrected chi connectivity index (χ1v) is 9.09. The van der Waals surface area contributed by atoms with Gasteiger partial charge in [0.05, 0.1) is 0 Å². The number of carbonyl (C=O) groups is 1. The molecule has 0 fully saturated rings. The zero-order valence-electron chi connectivity index (χ0n) is 14.2. The Morgan fingerprint density at radius 1 is 1.20 bits per heavy atom. The molecule has 0 unspecified atom stereocenters. The van der Waals surface area contributed by atoms with E-state index in [9.17, 15) is 4.79 Å². The van der Waals surface area contributed by atoms with Crippen molar-refractivity contribution in [2.24, 2.45) is 0 Å². The van der Waals surface area contributed by atoms with Crippen LogP contribution >= 0.6 is 11.8 Å². The molecule has 0 radical (unpaired) electrons. The molecule has 3 aromatic rings. The minimum absolute atomic E-state index is 0.102. The first-order valence-electron chi connectivity index (χ1n) is 8.11. The molecule has 25 heavy (non-hydrogen) atoms. The summed E-state index contributed by atoms with van der Waals surface area (Å²) in [5, 5.41) is 10.4. The fourth-order valence-corrected chi connectivity index (χ4v) is 3.23. The van der Waals surface area contributed by atoms with Crippen molar-refractivity contribution in [3.05, 3.63) is 71.5 Å². The summed E-state index contributed by atoms with van der Waals surface area (Å²) >= 11 is 1.52. The Hall–Kier alpha value is -2.60. The van der Waals surface area contributed by atoms with Gasteiger partial charge in [0.25, 0.3) is 5.91 Å². The van der Waals surface area contributed by atoms with Crippen LogP contribution in [0.5, 0.6) is 0 Å². The van der Waals surface area contributed by atoms with Crippen molar-refractivity contribution in [3.8, 4) is 0 Å². The molecule has 2 N–H and O–H groups in total. The van der Waals surface area contributed by atoms with E-state index in [-0.39, 0.29) is 5.91 Å². The maximum Gasteiger partial charge on any atom is 0.255 e. The van der Waals surface area contributed by atoms with Crippen molar-refractivity contribution >= 4 is 23.4 Å². The standard InChI is InChI=1S/C19H20N4OS/c1-13(2)14-7-5-8-16(10-14)22-18(24)17-9-4-3-6-15(17)11-25-19-20-12-21-23-19/h3-10,12-13H,11H2,1-2H3,(H,22,24)(H,20,21,23). The molecule has 1 amide bonds. The number of carbonyl (C=O) groups excluding carboxylic acids is 1. The summed E-state index contributed by atoms with van der Waals surface area (Å²) in [5.41, 5.74) is 3.65. The highest BCUT2D eigenvalue weighted by molar-refractivity contribution is 7.98. The molecular weight excluding hydrogens is 332 g/mol. The summed E-state index contributed by atoms with van der Waals surface area (Å²) in [5.74, 6) is 0.960. The minimum Gasteiger partial charge on any atom is -0.322 e. The number of aromatic nitrogens is 3. The van der Waals surface area contributed by atoms with Crippen LogP contribution in [0.3, 0.4) is 0 Å². The smallest absolute Gasteiger partial charge is 0.255 e. The topological polar surface area (TPSA) is 70.7 Å². The SMILES string of the molecule is CC(C)c1cccc(NC(=O)c2ccccc2CSc2ncn[nH]2)c1. The molecule has 1 aromatic heterocycles. The number of hydrogen-bond donors (Lipinski definition) is 2. The fourth-order valence-electron chi connectivity index (χ4n) is 2.45. The number of thioether (sulfide) groups is 1. The molecular formula is C19H20N4OS. The summed E-state index contributed by atoms with van der Waals surface area (Å²) < 4.78 is 0. The number of amides is 1. The normalized spacial score (nSPS) is 10.8. The molecule has 6 heteroatoms. The van der Waals surface area contributed by atoms with Gasteiger partial charge in [-0.05, 0) is 35.2 Å². The molecule has 5 nitrogen and oxygen atoms in total. The van der Waals surface area contributed by atoms with Crippen LogP contribution in [0.15, 0.2) is 60.0 Å². The van der Waals surface area contributed by atoms with Crippen LogP contribution in [-0.4, -0.2) is 21.1 Å². The zero-order chi connectivity index (χ0) is 17.6. The van der Waals surface area contributed by atoms with Crippen LogP contribution in [-0.2, 0) is 5.75 Å². The Bertz CT molecular complexity index is 846. The number of hydrogen-bond acceptors (Lipinski definition) is 4. The van der Waals surface area contributed by atoms with E-state index in [4.69, 9.17) is 0 Å². The van der Waals surface area contributed by atoms with E-state index in [2.05, 4.69) is 40.4 Å². The van der Waals surface area contributed by atoms with Crippen LogP contribution in [0.4, 0.5) is 5.69 Å². The first kappa shape index (κ1) is 17.2. The van der Waals surface area contributed by atoms with Crippen molar-refractivity contribution in [2.45, 2.75) is 30.7 Å². The Morgan fingerprint density at radius 2 is 2.04 bits per heavy atom. The van der Waals surface area contributed by atoms with Gasteiger partial charge in [0, 0.05) is 17.0 Å². The van der Waals surface area contributed by atoms with Gasteiger partial charge in [-0.1, -0.05) is 55.9 Å². The highest BCUT2D eigenvalue weighted by Gasteiger charge is 2.12. The molecule has 0 aliphatic carbocycles. The minimum atomic E-state index is -0.102. The maximum atomic E-state index is 12.7. The third kappa shape index (κ3) is 4.48. The van der Waals surface area contributed by atoms with E-state index < -0.39 is 0 Å². The number of rotatable bonds is 6. The molecule has 0 aliphatic rings. The first-order chi connectivity index (χ1) is 12.1. The van der Waals surface area contributed by atoms with Gasteiger partial charge in [0.1, 0.15) is 6.33 Å². The second-order valence-electron chi connectivity index (χ2n) is 5.97. The summed E-state index contributed by atoms with van der Waals surface area (Å²) in [6, 6.07) is 15.6. The largest absolute Gasteiger partial charge is 0.322 e. The Labute approximate surface area is 151 Å². The van der Waals surface area contributed by atoms with Crippen LogP contribution in [0.25, 0.3) is 0 Å². The predicted octanol–water partition coefficient (Wildman–Crippen LogP) is 4.47. The van der Waals surface area contributed by atoms with Gasteiger partial charge in [-0.2, -0.15) is 5.10 Å². The average Bonchev–Trinajstić information content (AvgIpc) is 3.14. The molecule has 1 heterocycles. The van der Waals surface area contributed by atoms with Gasteiger partial charge in [-0.3, -0.25) is 9.89 Å². The van der Waals surface area contributed by atoms with Crippen molar-refractivity contribution in [3.63, 3.8) is 0 Å². The molecule has 128 valence electrons. The van der Waals surface area contributed by atoms with Gasteiger partial charge in [-0.15, -0.1) is 0 Å². The van der Waals surface area contributed by atoms with E-state index in [1.165, 1.54) is 23.7 Å². The van der Waals surface area contributed by atoms with Crippen LogP contribution in [0.2, 0.25) is 0 Å². The van der Waals surface area contributed by atoms with Crippen molar-refractivity contribution < 1.29 is 4.79 Å². The molecule has 0 spiro atoms. The number of nitrogens with one attached hydrogen (secondary N) is 2. The van der Waals surface area contributed by atoms with Crippen LogP contribution in [0.1, 0.15) is 41.3 Å². The van der Waals surface area contributed by atoms with E-state index in [0.29, 0.717) is 17.2 Å². The van der Waals surface area contributed by atoms with Gasteiger partial charge >= 0.3 is 0 Å². The summed E-state index contributed by atoms with van der Waals surface area (Å²) in [4.78, 5) is 16.8. The molecule has 0 saturated carbocycles. The molecule has 2 aromatic carbocycles. The van der Waals surface area contributed by atoms with Crippen molar-refractivity contribution in [1.29, 1.82) is 0 Å². The van der Waals surface area contributed by atoms with E-state index >= 15 is 0 Å². The fraction of sp³-hybridized carbons (Fsp3) is 0.211. The monoisotopic (exact) mass is 352 g/mol. The lowest BCUT2D eigenvalue weighted by atomic mass is 10.0. The van der Waals surface area contributed by atoms with Gasteiger partial charge in [0.15, 0.2) is 5.16 Å². The van der Waals surface area contributed by atoms with Gasteiger partial charge in [0.2, 0.25) is 0 Å². The molecule has 0 aliphatic heterocycles. The highest BCUT2D eigenvalue weighted by Crippen LogP contribution is 2.23. The number of aromatic amines is 1. The number of benzene rings is 2. The van der Waals surface area contributed by atoms with Crippen molar-refractivity contribution in [2.75, 3.05) is 5.32 Å². The highest BCUT2D eigenvalue weighted by atomic mass is 32.2. The summed E-state index contributed by atoms with van der Waals surface area (Å²) in [6.07, 6.45) is 1.47. The van der Waals surface area contributed by atoms with Gasteiger partial charge in [-0.25, -0.2) is 4.98 Å². The van der Waals surface area contributed by atoms with Crippen LogP contribution < -0.4 is 5.32 Å². The number of nitrogens with zero attached hydrogens (tertiary/aromatic N) is 2. The third-order valence-electron chi connectivity index (χ3n) is 3.83. The molecule has 0 saturated heterocycles. The van der Waals surface area contributed by atoms with E-state index in [1.54, 1.807) is 0 Å². The second kappa shape index (κ2) is 7.98. The van der Waals surface area contributed by atoms with Crippen LogP contribution in [0, 0.1) is 0 Å². The zero-order valence-corrected chi connectivity index (χ0v) is 15.0. The summed E-state index contributed by atoms with van der Waals surface area (Å²) in [7, 11) is 0. The van der Waals surface area contributed by atoms with E-state index in [0.717, 1.165) is 16.4 Å². The van der Waals surface area contributed by atoms with Crippen molar-refractivity contribution in [1.82, 2.24) is 15.2 Å². The molecule has 0 atom stereocenters. The number of anilines is 1. The lowest BCUT2D eigenvalue weighted by molar-refractivity contribution is 0.102. The Kier molecular flexibility index (Phi) is 5.50. The maximum absolute atomic E-state index is 12.7. The lowest BCUT2D eigenvalue weighted by Crippen LogP contribution is -2.14. The quantitative estimate of drug-likeness (QED) is 0.642. The number of H-pyrrole nitrogens is 1.